The molecule has 4 aromatic rings. The molecule has 0 aliphatic heterocycles. The summed E-state index contributed by atoms with van der Waals surface area (Å²) in [5.41, 5.74) is 4.20. The number of halogens is 2. The molecule has 0 saturated carbocycles. The number of carboxylic acid groups (broad SMARTS) is 1. The van der Waals surface area contributed by atoms with Gasteiger partial charge < -0.3 is 19.1 Å². The Hall–Kier alpha value is -3.58. The Bertz CT molecular complexity index is 1330. The molecule has 0 aliphatic rings. The van der Waals surface area contributed by atoms with Crippen LogP contribution in [0.25, 0.3) is 16.9 Å². The number of ether oxygens (including phenoxy) is 2. The molecule has 0 radical (unpaired) electrons. The minimum Gasteiger partial charge on any atom is -0.494 e. The summed E-state index contributed by atoms with van der Waals surface area (Å²) in [6, 6.07) is 21.1. The number of benzene rings is 3. The van der Waals surface area contributed by atoms with E-state index in [2.05, 4.69) is 15.9 Å². The number of aromatic carboxylic acids is 1. The number of carboxylic acids is 1. The van der Waals surface area contributed by atoms with Crippen LogP contribution < -0.4 is 9.47 Å². The zero-order valence-electron chi connectivity index (χ0n) is 18.0. The van der Waals surface area contributed by atoms with Gasteiger partial charge in [-0.15, -0.1) is 0 Å². The average Bonchev–Trinajstić information content (AvgIpc) is 3.19. The Balaban J connectivity index is 1.72. The fourth-order valence-corrected chi connectivity index (χ4v) is 4.02. The highest BCUT2D eigenvalue weighted by atomic mass is 79.9. The summed E-state index contributed by atoms with van der Waals surface area (Å²) < 4.78 is 28.0. The number of aryl methyl sites for hydroxylation is 1. The second kappa shape index (κ2) is 9.50. The predicted octanol–water partition coefficient (Wildman–Crippen LogP) is 6.64. The molecule has 1 heterocycles. The first-order valence-corrected chi connectivity index (χ1v) is 10.9. The summed E-state index contributed by atoms with van der Waals surface area (Å²) >= 11 is 3.53. The van der Waals surface area contributed by atoms with E-state index >= 15 is 0 Å². The van der Waals surface area contributed by atoms with E-state index in [4.69, 9.17) is 9.47 Å². The minimum atomic E-state index is -0.985. The van der Waals surface area contributed by atoms with Gasteiger partial charge in [-0.2, -0.15) is 0 Å². The summed E-state index contributed by atoms with van der Waals surface area (Å²) in [6.45, 7) is 2.12. The number of hydrogen-bond donors (Lipinski definition) is 1. The van der Waals surface area contributed by atoms with Crippen LogP contribution in [-0.2, 0) is 6.61 Å². The van der Waals surface area contributed by atoms with Crippen molar-refractivity contribution < 1.29 is 23.8 Å². The van der Waals surface area contributed by atoms with Gasteiger partial charge in [-0.05, 0) is 73.2 Å². The van der Waals surface area contributed by atoms with E-state index in [-0.39, 0.29) is 17.9 Å². The van der Waals surface area contributed by atoms with Crippen LogP contribution >= 0.6 is 15.9 Å². The molecule has 0 aliphatic carbocycles. The standard InChI is InChI=1S/C26H21BrFNO4/c1-16-6-9-23(29(16)20-5-3-4-18(13-20)26(30)31)21-14-19(27)8-11-24(21)33-15-17-7-10-25(32-2)22(28)12-17/h3-14H,15H2,1-2H3,(H,30,31). The topological polar surface area (TPSA) is 60.7 Å². The molecule has 168 valence electrons. The van der Waals surface area contributed by atoms with Crippen LogP contribution in [0, 0.1) is 12.7 Å². The Labute approximate surface area is 199 Å². The molecule has 0 saturated heterocycles. The summed E-state index contributed by atoms with van der Waals surface area (Å²) in [6.07, 6.45) is 0. The maximum Gasteiger partial charge on any atom is 0.335 e. The zero-order chi connectivity index (χ0) is 23.5. The maximum atomic E-state index is 14.1. The summed E-state index contributed by atoms with van der Waals surface area (Å²) in [5, 5.41) is 9.40. The Morgan fingerprint density at radius 1 is 1.03 bits per heavy atom. The Morgan fingerprint density at radius 3 is 2.55 bits per heavy atom. The van der Waals surface area contributed by atoms with Gasteiger partial charge in [0.25, 0.3) is 0 Å². The molecule has 1 aromatic heterocycles. The number of carbonyl (C=O) groups is 1. The Kier molecular flexibility index (Phi) is 6.51. The van der Waals surface area contributed by atoms with Gasteiger partial charge in [0.05, 0.1) is 18.4 Å². The molecule has 0 bridgehead atoms. The van der Waals surface area contributed by atoms with E-state index in [0.29, 0.717) is 11.3 Å². The van der Waals surface area contributed by atoms with E-state index < -0.39 is 11.8 Å². The summed E-state index contributed by atoms with van der Waals surface area (Å²) in [7, 11) is 1.42. The lowest BCUT2D eigenvalue weighted by atomic mass is 10.1. The molecule has 7 heteroatoms. The number of nitrogens with zero attached hydrogens (tertiary/aromatic N) is 1. The molecule has 0 fully saturated rings. The molecule has 5 nitrogen and oxygen atoms in total. The molecule has 4 rings (SSSR count). The molecular formula is C26H21BrFNO4. The average molecular weight is 510 g/mol. The smallest absolute Gasteiger partial charge is 0.335 e. The first kappa shape index (κ1) is 22.6. The van der Waals surface area contributed by atoms with E-state index in [1.165, 1.54) is 13.2 Å². The third kappa shape index (κ3) is 4.78. The van der Waals surface area contributed by atoms with E-state index in [9.17, 15) is 14.3 Å². The molecule has 0 atom stereocenters. The third-order valence-electron chi connectivity index (χ3n) is 5.26. The van der Waals surface area contributed by atoms with Crippen LogP contribution in [0.5, 0.6) is 11.5 Å². The number of hydrogen-bond acceptors (Lipinski definition) is 3. The number of aromatic nitrogens is 1. The monoisotopic (exact) mass is 509 g/mol. The molecule has 0 unspecified atom stereocenters. The highest BCUT2D eigenvalue weighted by Gasteiger charge is 2.16. The van der Waals surface area contributed by atoms with Crippen LogP contribution in [0.2, 0.25) is 0 Å². The number of methoxy groups -OCH3 is 1. The van der Waals surface area contributed by atoms with E-state index in [1.54, 1.807) is 30.3 Å². The summed E-state index contributed by atoms with van der Waals surface area (Å²) in [5.74, 6) is -0.637. The van der Waals surface area contributed by atoms with Gasteiger partial charge in [0.2, 0.25) is 0 Å². The van der Waals surface area contributed by atoms with Crippen LogP contribution in [0.3, 0.4) is 0 Å². The fraction of sp³-hybridized carbons (Fsp3) is 0.115. The van der Waals surface area contributed by atoms with Crippen LogP contribution in [0.4, 0.5) is 4.39 Å². The second-order valence-electron chi connectivity index (χ2n) is 7.45. The molecule has 1 N–H and O–H groups in total. The molecule has 0 amide bonds. The number of rotatable bonds is 7. The van der Waals surface area contributed by atoms with Crippen molar-refractivity contribution in [2.75, 3.05) is 7.11 Å². The van der Waals surface area contributed by atoms with E-state index in [1.807, 2.05) is 47.9 Å². The van der Waals surface area contributed by atoms with Gasteiger partial charge in [-0.25, -0.2) is 9.18 Å². The normalized spacial score (nSPS) is 10.8. The lowest BCUT2D eigenvalue weighted by molar-refractivity contribution is 0.0697. The first-order chi connectivity index (χ1) is 15.9. The van der Waals surface area contributed by atoms with Gasteiger partial charge in [0, 0.05) is 21.4 Å². The van der Waals surface area contributed by atoms with Crippen LogP contribution in [-0.4, -0.2) is 22.8 Å². The van der Waals surface area contributed by atoms with Crippen LogP contribution in [0.1, 0.15) is 21.6 Å². The van der Waals surface area contributed by atoms with Crippen molar-refractivity contribution in [1.29, 1.82) is 0 Å². The van der Waals surface area contributed by atoms with Gasteiger partial charge in [-0.3, -0.25) is 0 Å². The van der Waals surface area contributed by atoms with Crippen LogP contribution in [0.15, 0.2) is 77.3 Å². The summed E-state index contributed by atoms with van der Waals surface area (Å²) in [4.78, 5) is 11.5. The molecule has 3 aromatic carbocycles. The maximum absolute atomic E-state index is 14.1. The zero-order valence-corrected chi connectivity index (χ0v) is 19.6. The van der Waals surface area contributed by atoms with Crippen molar-refractivity contribution >= 4 is 21.9 Å². The van der Waals surface area contributed by atoms with Crippen molar-refractivity contribution in [3.63, 3.8) is 0 Å². The SMILES string of the molecule is COc1ccc(COc2ccc(Br)cc2-c2ccc(C)n2-c2cccc(C(=O)O)c2)cc1F. The minimum absolute atomic E-state index is 0.170. The highest BCUT2D eigenvalue weighted by molar-refractivity contribution is 9.10. The van der Waals surface area contributed by atoms with Gasteiger partial charge >= 0.3 is 5.97 Å². The van der Waals surface area contributed by atoms with Gasteiger partial charge in [0.1, 0.15) is 12.4 Å². The molecular weight excluding hydrogens is 489 g/mol. The van der Waals surface area contributed by atoms with Gasteiger partial charge in [-0.1, -0.05) is 28.1 Å². The second-order valence-corrected chi connectivity index (χ2v) is 8.36. The highest BCUT2D eigenvalue weighted by Crippen LogP contribution is 2.36. The van der Waals surface area contributed by atoms with Crippen molar-refractivity contribution in [1.82, 2.24) is 4.57 Å². The lowest BCUT2D eigenvalue weighted by Gasteiger charge is -2.17. The van der Waals surface area contributed by atoms with E-state index in [0.717, 1.165) is 27.1 Å². The largest absolute Gasteiger partial charge is 0.494 e. The van der Waals surface area contributed by atoms with Crippen molar-refractivity contribution in [3.05, 3.63) is 99.9 Å². The van der Waals surface area contributed by atoms with Crippen molar-refractivity contribution in [2.24, 2.45) is 0 Å². The Morgan fingerprint density at radius 2 is 1.82 bits per heavy atom. The van der Waals surface area contributed by atoms with Crippen molar-refractivity contribution in [2.45, 2.75) is 13.5 Å². The predicted molar refractivity (Wildman–Crippen MR) is 128 cm³/mol. The van der Waals surface area contributed by atoms with Gasteiger partial charge in [0.15, 0.2) is 11.6 Å². The van der Waals surface area contributed by atoms with Crippen molar-refractivity contribution in [3.8, 4) is 28.4 Å². The lowest BCUT2D eigenvalue weighted by Crippen LogP contribution is -2.04. The molecule has 33 heavy (non-hydrogen) atoms. The first-order valence-electron chi connectivity index (χ1n) is 10.1. The quantitative estimate of drug-likeness (QED) is 0.303. The fourth-order valence-electron chi connectivity index (χ4n) is 3.66. The third-order valence-corrected chi connectivity index (χ3v) is 5.75. The molecule has 0 spiro atoms.